The van der Waals surface area contributed by atoms with Crippen LogP contribution >= 0.6 is 11.6 Å². The van der Waals surface area contributed by atoms with E-state index >= 15 is 0 Å². The highest BCUT2D eigenvalue weighted by molar-refractivity contribution is 6.30. The highest BCUT2D eigenvalue weighted by Gasteiger charge is 2.35. The second kappa shape index (κ2) is 10.1. The molecule has 3 atom stereocenters. The van der Waals surface area contributed by atoms with Crippen molar-refractivity contribution in [1.29, 1.82) is 0 Å². The minimum absolute atomic E-state index is 0.0318. The molecule has 0 aliphatic carbocycles. The van der Waals surface area contributed by atoms with Crippen LogP contribution in [0.2, 0.25) is 5.02 Å². The number of hydrogen-bond acceptors (Lipinski definition) is 4. The first-order chi connectivity index (χ1) is 14.8. The van der Waals surface area contributed by atoms with E-state index in [2.05, 4.69) is 16.0 Å². The molecule has 1 aliphatic heterocycles. The van der Waals surface area contributed by atoms with Gasteiger partial charge < -0.3 is 21.1 Å². The third kappa shape index (κ3) is 6.29. The third-order valence-corrected chi connectivity index (χ3v) is 5.14. The first-order valence-electron chi connectivity index (χ1n) is 9.73. The molecule has 162 valence electrons. The molecule has 0 bridgehead atoms. The van der Waals surface area contributed by atoms with E-state index in [1.165, 1.54) is 0 Å². The van der Waals surface area contributed by atoms with Gasteiger partial charge in [-0.25, -0.2) is 4.79 Å². The molecule has 0 radical (unpaired) electrons. The van der Waals surface area contributed by atoms with E-state index in [9.17, 15) is 24.3 Å². The number of rotatable bonds is 8. The molecule has 8 nitrogen and oxygen atoms in total. The average molecular weight is 444 g/mol. The summed E-state index contributed by atoms with van der Waals surface area (Å²) < 4.78 is 0. The van der Waals surface area contributed by atoms with Crippen LogP contribution in [0.15, 0.2) is 54.6 Å². The summed E-state index contributed by atoms with van der Waals surface area (Å²) in [7, 11) is 0. The predicted molar refractivity (Wildman–Crippen MR) is 113 cm³/mol. The number of benzene rings is 2. The molecule has 1 heterocycles. The molecule has 0 unspecified atom stereocenters. The second-order valence-electron chi connectivity index (χ2n) is 7.31. The first kappa shape index (κ1) is 22.3. The molecular formula is C22H22ClN3O5. The van der Waals surface area contributed by atoms with Crippen LogP contribution in [0, 0.1) is 0 Å². The van der Waals surface area contributed by atoms with Crippen molar-refractivity contribution < 1.29 is 24.3 Å². The van der Waals surface area contributed by atoms with Crippen LogP contribution in [0.4, 0.5) is 0 Å². The summed E-state index contributed by atoms with van der Waals surface area (Å²) in [5.74, 6) is -2.75. The summed E-state index contributed by atoms with van der Waals surface area (Å²) >= 11 is 5.92. The Morgan fingerprint density at radius 1 is 0.968 bits per heavy atom. The first-order valence-corrected chi connectivity index (χ1v) is 10.1. The number of nitrogens with one attached hydrogen (secondary N) is 3. The Balaban J connectivity index is 1.56. The number of carbonyl (C=O) groups excluding carboxylic acids is 3. The van der Waals surface area contributed by atoms with Crippen molar-refractivity contribution in [2.45, 2.75) is 37.4 Å². The molecule has 31 heavy (non-hydrogen) atoms. The van der Waals surface area contributed by atoms with Gasteiger partial charge in [-0.2, -0.15) is 0 Å². The second-order valence-corrected chi connectivity index (χ2v) is 7.75. The molecule has 3 amide bonds. The van der Waals surface area contributed by atoms with Crippen LogP contribution in [0.5, 0.6) is 0 Å². The Bertz CT molecular complexity index is 982. The van der Waals surface area contributed by atoms with Gasteiger partial charge in [0, 0.05) is 17.9 Å². The lowest BCUT2D eigenvalue weighted by Gasteiger charge is -2.29. The summed E-state index contributed by atoms with van der Waals surface area (Å²) in [5.41, 5.74) is 1.54. The van der Waals surface area contributed by atoms with Crippen LogP contribution < -0.4 is 16.0 Å². The summed E-state index contributed by atoms with van der Waals surface area (Å²) in [5, 5.41) is 17.5. The van der Waals surface area contributed by atoms with E-state index in [1.807, 2.05) is 30.3 Å². The molecule has 3 rings (SSSR count). The molecule has 0 aromatic heterocycles. The van der Waals surface area contributed by atoms with Crippen LogP contribution in [0.1, 0.15) is 17.5 Å². The van der Waals surface area contributed by atoms with Gasteiger partial charge in [0.2, 0.25) is 17.7 Å². The van der Waals surface area contributed by atoms with Crippen molar-refractivity contribution in [2.75, 3.05) is 0 Å². The monoisotopic (exact) mass is 443 g/mol. The largest absolute Gasteiger partial charge is 0.480 e. The Kier molecular flexibility index (Phi) is 7.25. The Hall–Kier alpha value is -3.39. The fraction of sp³-hybridized carbons (Fsp3) is 0.273. The van der Waals surface area contributed by atoms with Gasteiger partial charge in [0.25, 0.3) is 0 Å². The van der Waals surface area contributed by atoms with Gasteiger partial charge in [-0.15, -0.1) is 0 Å². The number of hydrogen-bond donors (Lipinski definition) is 4. The number of aliphatic carboxylic acids is 1. The topological polar surface area (TPSA) is 125 Å². The number of carbonyl (C=O) groups is 4. The Morgan fingerprint density at radius 3 is 2.29 bits per heavy atom. The van der Waals surface area contributed by atoms with Gasteiger partial charge in [-0.3, -0.25) is 14.4 Å². The normalized spacial score (nSPS) is 19.1. The van der Waals surface area contributed by atoms with Crippen molar-refractivity contribution in [3.05, 3.63) is 70.7 Å². The summed E-state index contributed by atoms with van der Waals surface area (Å²) in [6.07, 6.45) is -0.00296. The number of halogens is 1. The molecular weight excluding hydrogens is 422 g/mol. The fourth-order valence-corrected chi connectivity index (χ4v) is 3.56. The molecule has 0 saturated carbocycles. The number of piperazine rings is 1. The zero-order valence-corrected chi connectivity index (χ0v) is 17.3. The zero-order valence-electron chi connectivity index (χ0n) is 16.5. The maximum absolute atomic E-state index is 12.4. The number of carboxylic acid groups (broad SMARTS) is 1. The van der Waals surface area contributed by atoms with E-state index in [4.69, 9.17) is 11.6 Å². The summed E-state index contributed by atoms with van der Waals surface area (Å²) in [6, 6.07) is 12.9. The quantitative estimate of drug-likeness (QED) is 0.485. The van der Waals surface area contributed by atoms with Gasteiger partial charge in [0.1, 0.15) is 18.1 Å². The molecule has 0 spiro atoms. The lowest BCUT2D eigenvalue weighted by molar-refractivity contribution is -0.142. The lowest BCUT2D eigenvalue weighted by Crippen LogP contribution is -2.63. The number of amides is 3. The Morgan fingerprint density at radius 2 is 1.61 bits per heavy atom. The van der Waals surface area contributed by atoms with E-state index in [1.54, 1.807) is 24.3 Å². The smallest absolute Gasteiger partial charge is 0.326 e. The van der Waals surface area contributed by atoms with Gasteiger partial charge in [0.15, 0.2) is 0 Å². The van der Waals surface area contributed by atoms with Gasteiger partial charge in [-0.05, 0) is 23.3 Å². The zero-order chi connectivity index (χ0) is 22.4. The van der Waals surface area contributed by atoms with Gasteiger partial charge in [0.05, 0.1) is 6.42 Å². The molecule has 1 fully saturated rings. The van der Waals surface area contributed by atoms with Gasteiger partial charge in [-0.1, -0.05) is 54.1 Å². The van der Waals surface area contributed by atoms with E-state index in [-0.39, 0.29) is 12.8 Å². The van der Waals surface area contributed by atoms with Crippen LogP contribution in [0.3, 0.4) is 0 Å². The van der Waals surface area contributed by atoms with E-state index < -0.39 is 41.8 Å². The van der Waals surface area contributed by atoms with Crippen molar-refractivity contribution in [1.82, 2.24) is 16.0 Å². The standard InChI is InChI=1S/C22H22ClN3O5/c23-15-8-4-7-14(9-15)11-18(22(30)31)24-19(27)12-17-21(29)25-16(20(28)26-17)10-13-5-2-1-3-6-13/h1-9,16-18H,10-12H2,(H,24,27)(H,25,29)(H,26,28)(H,30,31)/t16-,17-,18-/m0/s1. The molecule has 2 aromatic rings. The molecule has 1 aliphatic rings. The Labute approximate surface area is 184 Å². The van der Waals surface area contributed by atoms with Crippen molar-refractivity contribution in [3.63, 3.8) is 0 Å². The minimum atomic E-state index is -1.21. The maximum atomic E-state index is 12.4. The van der Waals surface area contributed by atoms with Crippen LogP contribution in [-0.2, 0) is 32.0 Å². The van der Waals surface area contributed by atoms with Crippen LogP contribution in [-0.4, -0.2) is 46.9 Å². The lowest BCUT2D eigenvalue weighted by atomic mass is 10.0. The molecule has 4 N–H and O–H groups in total. The van der Waals surface area contributed by atoms with Gasteiger partial charge >= 0.3 is 5.97 Å². The summed E-state index contributed by atoms with van der Waals surface area (Å²) in [4.78, 5) is 48.7. The number of carboxylic acids is 1. The van der Waals surface area contributed by atoms with Crippen molar-refractivity contribution >= 4 is 35.3 Å². The maximum Gasteiger partial charge on any atom is 0.326 e. The van der Waals surface area contributed by atoms with E-state index in [0.29, 0.717) is 17.0 Å². The molecule has 9 heteroatoms. The third-order valence-electron chi connectivity index (χ3n) is 4.90. The van der Waals surface area contributed by atoms with Crippen molar-refractivity contribution in [2.24, 2.45) is 0 Å². The minimum Gasteiger partial charge on any atom is -0.480 e. The predicted octanol–water partition coefficient (Wildman–Crippen LogP) is 1.07. The molecule has 2 aromatic carbocycles. The SMILES string of the molecule is O=C(C[C@@H]1NC(=O)[C@H](Cc2ccccc2)NC1=O)N[C@@H](Cc1cccc(Cl)c1)C(=O)O. The molecule has 1 saturated heterocycles. The van der Waals surface area contributed by atoms with Crippen molar-refractivity contribution in [3.8, 4) is 0 Å². The van der Waals surface area contributed by atoms with E-state index in [0.717, 1.165) is 5.56 Å². The fourth-order valence-electron chi connectivity index (χ4n) is 3.35. The highest BCUT2D eigenvalue weighted by Crippen LogP contribution is 2.13. The average Bonchev–Trinajstić information content (AvgIpc) is 2.72. The highest BCUT2D eigenvalue weighted by atomic mass is 35.5. The summed E-state index contributed by atoms with van der Waals surface area (Å²) in [6.45, 7) is 0. The van der Waals surface area contributed by atoms with Crippen LogP contribution in [0.25, 0.3) is 0 Å².